The molecule has 0 aliphatic heterocycles. The maximum absolute atomic E-state index is 12.1. The van der Waals surface area contributed by atoms with E-state index in [0.29, 0.717) is 18.8 Å². The summed E-state index contributed by atoms with van der Waals surface area (Å²) in [7, 11) is 0. The summed E-state index contributed by atoms with van der Waals surface area (Å²) >= 11 is 4.87. The van der Waals surface area contributed by atoms with Crippen LogP contribution < -0.4 is 5.32 Å². The first kappa shape index (κ1) is 14.7. The van der Waals surface area contributed by atoms with Crippen LogP contribution in [0.4, 0.5) is 5.69 Å². The Labute approximate surface area is 127 Å². The van der Waals surface area contributed by atoms with Gasteiger partial charge in [0.05, 0.1) is 17.7 Å². The van der Waals surface area contributed by atoms with Crippen LogP contribution in [0.5, 0.6) is 0 Å². The second kappa shape index (κ2) is 6.19. The summed E-state index contributed by atoms with van der Waals surface area (Å²) in [4.78, 5) is 23.3. The van der Waals surface area contributed by atoms with Crippen molar-refractivity contribution in [3.8, 4) is 0 Å². The summed E-state index contributed by atoms with van der Waals surface area (Å²) in [6, 6.07) is 3.22. The summed E-state index contributed by atoms with van der Waals surface area (Å²) in [6.07, 6.45) is 1.37. The van der Waals surface area contributed by atoms with Crippen molar-refractivity contribution in [2.45, 2.75) is 20.0 Å². The van der Waals surface area contributed by atoms with E-state index in [9.17, 15) is 14.9 Å². The van der Waals surface area contributed by atoms with Gasteiger partial charge in [0.25, 0.3) is 11.6 Å². The summed E-state index contributed by atoms with van der Waals surface area (Å²) < 4.78 is 2.54. The van der Waals surface area contributed by atoms with Crippen LogP contribution in [-0.4, -0.2) is 15.4 Å². The maximum Gasteiger partial charge on any atom is 0.287 e. The van der Waals surface area contributed by atoms with Gasteiger partial charge in [-0.15, -0.1) is 11.3 Å². The zero-order chi connectivity index (χ0) is 14.7. The molecule has 2 rings (SSSR count). The van der Waals surface area contributed by atoms with E-state index < -0.39 is 4.92 Å². The van der Waals surface area contributed by atoms with Crippen LogP contribution in [-0.2, 0) is 13.1 Å². The minimum Gasteiger partial charge on any atom is -0.346 e. The lowest BCUT2D eigenvalue weighted by atomic mass is 10.3. The first-order valence-electron chi connectivity index (χ1n) is 5.87. The number of aryl methyl sites for hydroxylation is 1. The van der Waals surface area contributed by atoms with Crippen molar-refractivity contribution in [1.29, 1.82) is 0 Å². The number of rotatable bonds is 5. The normalized spacial score (nSPS) is 10.5. The molecule has 0 aromatic carbocycles. The molecule has 6 nitrogen and oxygen atoms in total. The highest BCUT2D eigenvalue weighted by Gasteiger charge is 2.18. The SMILES string of the molecule is CCn1cc([N+](=O)[O-])cc1C(=O)NCc1cc(Br)cs1. The van der Waals surface area contributed by atoms with Gasteiger partial charge in [0, 0.05) is 27.3 Å². The number of nitrogens with one attached hydrogen (secondary N) is 1. The average Bonchev–Trinajstić information content (AvgIpc) is 3.01. The Morgan fingerprint density at radius 1 is 1.55 bits per heavy atom. The second-order valence-corrected chi connectivity index (χ2v) is 5.95. The largest absolute Gasteiger partial charge is 0.346 e. The van der Waals surface area contributed by atoms with Crippen molar-refractivity contribution < 1.29 is 9.72 Å². The van der Waals surface area contributed by atoms with Crippen LogP contribution >= 0.6 is 27.3 Å². The van der Waals surface area contributed by atoms with E-state index in [1.54, 1.807) is 4.57 Å². The molecule has 0 atom stereocenters. The van der Waals surface area contributed by atoms with Gasteiger partial charge >= 0.3 is 0 Å². The Balaban J connectivity index is 2.10. The summed E-state index contributed by atoms with van der Waals surface area (Å²) in [5, 5.41) is 15.4. The van der Waals surface area contributed by atoms with Crippen molar-refractivity contribution in [2.24, 2.45) is 0 Å². The van der Waals surface area contributed by atoms with Crippen molar-refractivity contribution in [3.63, 3.8) is 0 Å². The molecular formula is C12H12BrN3O3S. The van der Waals surface area contributed by atoms with E-state index in [2.05, 4.69) is 21.2 Å². The highest BCUT2D eigenvalue weighted by Crippen LogP contribution is 2.20. The molecule has 0 aliphatic rings. The number of halogens is 1. The number of nitro groups is 1. The molecule has 2 aromatic heterocycles. The number of carbonyl (C=O) groups excluding carboxylic acids is 1. The highest BCUT2D eigenvalue weighted by atomic mass is 79.9. The minimum atomic E-state index is -0.501. The molecule has 20 heavy (non-hydrogen) atoms. The van der Waals surface area contributed by atoms with Crippen LogP contribution in [0, 0.1) is 10.1 Å². The summed E-state index contributed by atoms with van der Waals surface area (Å²) in [5.74, 6) is -0.315. The Kier molecular flexibility index (Phi) is 4.56. The molecule has 0 radical (unpaired) electrons. The molecule has 2 heterocycles. The number of carbonyl (C=O) groups is 1. The van der Waals surface area contributed by atoms with Crippen molar-refractivity contribution >= 4 is 38.9 Å². The van der Waals surface area contributed by atoms with Crippen LogP contribution in [0.25, 0.3) is 0 Å². The molecule has 0 bridgehead atoms. The first-order chi connectivity index (χ1) is 9.51. The third kappa shape index (κ3) is 3.26. The smallest absolute Gasteiger partial charge is 0.287 e. The topological polar surface area (TPSA) is 77.2 Å². The molecule has 2 aromatic rings. The maximum atomic E-state index is 12.1. The fourth-order valence-corrected chi connectivity index (χ4v) is 3.14. The van der Waals surface area contributed by atoms with E-state index in [4.69, 9.17) is 0 Å². The third-order valence-electron chi connectivity index (χ3n) is 2.71. The molecule has 1 N–H and O–H groups in total. The van der Waals surface area contributed by atoms with Gasteiger partial charge in [0.1, 0.15) is 5.69 Å². The molecular weight excluding hydrogens is 346 g/mol. The fraction of sp³-hybridized carbons (Fsp3) is 0.250. The Morgan fingerprint density at radius 2 is 2.30 bits per heavy atom. The number of hydrogen-bond donors (Lipinski definition) is 1. The Bertz CT molecular complexity index is 650. The predicted molar refractivity (Wildman–Crippen MR) is 79.9 cm³/mol. The molecule has 0 saturated carbocycles. The van der Waals surface area contributed by atoms with Crippen LogP contribution in [0.15, 0.2) is 28.2 Å². The van der Waals surface area contributed by atoms with Gasteiger partial charge in [0.2, 0.25) is 0 Å². The third-order valence-corrected chi connectivity index (χ3v) is 4.41. The summed E-state index contributed by atoms with van der Waals surface area (Å²) in [5.41, 5.74) is 0.227. The minimum absolute atomic E-state index is 0.0733. The Morgan fingerprint density at radius 3 is 2.85 bits per heavy atom. The first-order valence-corrected chi connectivity index (χ1v) is 7.54. The van der Waals surface area contributed by atoms with E-state index in [-0.39, 0.29) is 11.6 Å². The Hall–Kier alpha value is -1.67. The van der Waals surface area contributed by atoms with Gasteiger partial charge < -0.3 is 9.88 Å². The predicted octanol–water partition coefficient (Wildman–Crippen LogP) is 3.17. The van der Waals surface area contributed by atoms with Crippen LogP contribution in [0.1, 0.15) is 22.3 Å². The monoisotopic (exact) mass is 357 g/mol. The van der Waals surface area contributed by atoms with Crippen molar-refractivity contribution in [3.05, 3.63) is 48.9 Å². The molecule has 0 fully saturated rings. The number of nitrogens with zero attached hydrogens (tertiary/aromatic N) is 2. The highest BCUT2D eigenvalue weighted by molar-refractivity contribution is 9.10. The van der Waals surface area contributed by atoms with E-state index in [0.717, 1.165) is 9.35 Å². The van der Waals surface area contributed by atoms with E-state index in [1.807, 2.05) is 18.4 Å². The molecule has 8 heteroatoms. The lowest BCUT2D eigenvalue weighted by Crippen LogP contribution is -2.24. The molecule has 1 amide bonds. The van der Waals surface area contributed by atoms with Crippen molar-refractivity contribution in [1.82, 2.24) is 9.88 Å². The average molecular weight is 358 g/mol. The van der Waals surface area contributed by atoms with E-state index >= 15 is 0 Å². The molecule has 0 unspecified atom stereocenters. The summed E-state index contributed by atoms with van der Waals surface area (Å²) in [6.45, 7) is 2.73. The van der Waals surface area contributed by atoms with Gasteiger partial charge in [-0.05, 0) is 28.9 Å². The quantitative estimate of drug-likeness (QED) is 0.659. The number of thiophene rings is 1. The van der Waals surface area contributed by atoms with Gasteiger partial charge in [-0.1, -0.05) is 0 Å². The molecule has 0 aliphatic carbocycles. The lowest BCUT2D eigenvalue weighted by molar-refractivity contribution is -0.384. The van der Waals surface area contributed by atoms with Crippen LogP contribution in [0.2, 0.25) is 0 Å². The van der Waals surface area contributed by atoms with E-state index in [1.165, 1.54) is 23.6 Å². The zero-order valence-corrected chi connectivity index (χ0v) is 13.0. The molecule has 0 spiro atoms. The molecule has 106 valence electrons. The molecule has 0 saturated heterocycles. The van der Waals surface area contributed by atoms with Crippen LogP contribution in [0.3, 0.4) is 0 Å². The number of aromatic nitrogens is 1. The second-order valence-electron chi connectivity index (χ2n) is 4.04. The number of amides is 1. The van der Waals surface area contributed by atoms with Gasteiger partial charge in [-0.3, -0.25) is 14.9 Å². The fourth-order valence-electron chi connectivity index (χ4n) is 1.75. The number of hydrogen-bond acceptors (Lipinski definition) is 4. The standard InChI is InChI=1S/C12H12BrN3O3S/c1-2-15-6-9(16(18)19)4-11(15)12(17)14-5-10-3-8(13)7-20-10/h3-4,6-7H,2,5H2,1H3,(H,14,17). The van der Waals surface area contributed by atoms with Gasteiger partial charge in [0.15, 0.2) is 0 Å². The zero-order valence-electron chi connectivity index (χ0n) is 10.6. The van der Waals surface area contributed by atoms with Gasteiger partial charge in [-0.25, -0.2) is 0 Å². The van der Waals surface area contributed by atoms with Crippen molar-refractivity contribution in [2.75, 3.05) is 0 Å². The van der Waals surface area contributed by atoms with Gasteiger partial charge in [-0.2, -0.15) is 0 Å². The lowest BCUT2D eigenvalue weighted by Gasteiger charge is -2.06.